The maximum atomic E-state index is 13.2. The summed E-state index contributed by atoms with van der Waals surface area (Å²) in [4.78, 5) is 15.2. The Labute approximate surface area is 188 Å². The lowest BCUT2D eigenvalue weighted by molar-refractivity contribution is 0.0635. The van der Waals surface area contributed by atoms with Crippen LogP contribution in [0.3, 0.4) is 0 Å². The van der Waals surface area contributed by atoms with E-state index in [2.05, 4.69) is 36.5 Å². The first kappa shape index (κ1) is 20.0. The molecule has 1 amide bonds. The zero-order valence-corrected chi connectivity index (χ0v) is 18.6. The standard InChI is InChI=1S/C25H26Cl2N2O/c1-15-5-2-3-12-29(15)25(30)16-8-11-23-21(13-16)18-6-4-7-19(18)24(28-23)20-10-9-17(26)14-22(20)27/h4,6,8-11,13-15,18-19,24,28H,2-3,5,7,12H2,1H3/t15-,18-,19+,24+/m1/s1. The average Bonchev–Trinajstić information content (AvgIpc) is 3.23. The molecule has 2 aliphatic heterocycles. The molecule has 0 aromatic heterocycles. The van der Waals surface area contributed by atoms with Crippen LogP contribution in [0.4, 0.5) is 5.69 Å². The van der Waals surface area contributed by atoms with Crippen molar-refractivity contribution in [2.45, 2.75) is 50.6 Å². The normalized spacial score (nSPS) is 27.4. The first-order valence-electron chi connectivity index (χ1n) is 10.9. The fourth-order valence-electron chi connectivity index (χ4n) is 5.35. The molecule has 0 unspecified atom stereocenters. The topological polar surface area (TPSA) is 32.3 Å². The van der Waals surface area contributed by atoms with Gasteiger partial charge in [0, 0.05) is 39.8 Å². The summed E-state index contributed by atoms with van der Waals surface area (Å²) in [6.07, 6.45) is 8.93. The van der Waals surface area contributed by atoms with E-state index in [4.69, 9.17) is 23.2 Å². The highest BCUT2D eigenvalue weighted by molar-refractivity contribution is 6.35. The van der Waals surface area contributed by atoms with Crippen LogP contribution in [0.5, 0.6) is 0 Å². The lowest BCUT2D eigenvalue weighted by atomic mass is 9.76. The summed E-state index contributed by atoms with van der Waals surface area (Å²) in [5.74, 6) is 0.811. The van der Waals surface area contributed by atoms with E-state index in [1.807, 2.05) is 29.2 Å². The van der Waals surface area contributed by atoms with Gasteiger partial charge in [-0.1, -0.05) is 41.4 Å². The summed E-state index contributed by atoms with van der Waals surface area (Å²) in [5.41, 5.74) is 4.17. The first-order chi connectivity index (χ1) is 14.5. The predicted molar refractivity (Wildman–Crippen MR) is 124 cm³/mol. The van der Waals surface area contributed by atoms with Crippen molar-refractivity contribution in [3.05, 3.63) is 75.3 Å². The molecule has 0 spiro atoms. The lowest BCUT2D eigenvalue weighted by Crippen LogP contribution is -2.42. The number of nitrogens with zero attached hydrogens (tertiary/aromatic N) is 1. The fourth-order valence-corrected chi connectivity index (χ4v) is 5.88. The molecule has 1 N–H and O–H groups in total. The number of fused-ring (bicyclic) bond motifs is 3. The average molecular weight is 441 g/mol. The van der Waals surface area contributed by atoms with Crippen LogP contribution in [0.2, 0.25) is 10.0 Å². The number of halogens is 2. The van der Waals surface area contributed by atoms with E-state index >= 15 is 0 Å². The molecule has 1 fully saturated rings. The summed E-state index contributed by atoms with van der Waals surface area (Å²) in [5, 5.41) is 5.05. The molecule has 0 bridgehead atoms. The van der Waals surface area contributed by atoms with Crippen molar-refractivity contribution in [1.82, 2.24) is 4.90 Å². The van der Waals surface area contributed by atoms with Gasteiger partial charge in [-0.05, 0) is 80.0 Å². The van der Waals surface area contributed by atoms with E-state index in [9.17, 15) is 4.79 Å². The van der Waals surface area contributed by atoms with Gasteiger partial charge in [0.2, 0.25) is 0 Å². The van der Waals surface area contributed by atoms with Gasteiger partial charge in [-0.25, -0.2) is 0 Å². The van der Waals surface area contributed by atoms with Crippen LogP contribution in [0.1, 0.15) is 66.1 Å². The molecule has 1 aliphatic carbocycles. The quantitative estimate of drug-likeness (QED) is 0.518. The van der Waals surface area contributed by atoms with Crippen LogP contribution in [0.15, 0.2) is 48.6 Å². The smallest absolute Gasteiger partial charge is 0.254 e. The molecule has 156 valence electrons. The third kappa shape index (κ3) is 3.42. The molecule has 4 atom stereocenters. The number of carbonyl (C=O) groups is 1. The SMILES string of the molecule is C[C@@H]1CCCCN1C(=O)c1ccc2c(c1)[C@@H]1C=CC[C@@H]1[C@@H](c1ccc(Cl)cc1Cl)N2. The van der Waals surface area contributed by atoms with Crippen LogP contribution >= 0.6 is 23.2 Å². The van der Waals surface area contributed by atoms with Crippen LogP contribution in [0.25, 0.3) is 0 Å². The van der Waals surface area contributed by atoms with Crippen LogP contribution in [-0.2, 0) is 0 Å². The molecular weight excluding hydrogens is 415 g/mol. The lowest BCUT2D eigenvalue weighted by Gasteiger charge is -2.38. The predicted octanol–water partition coefficient (Wildman–Crippen LogP) is 6.83. The molecule has 3 nitrogen and oxygen atoms in total. The number of anilines is 1. The second-order valence-electron chi connectivity index (χ2n) is 8.79. The number of amides is 1. The van der Waals surface area contributed by atoms with Crippen molar-refractivity contribution >= 4 is 34.8 Å². The summed E-state index contributed by atoms with van der Waals surface area (Å²) in [6.45, 7) is 3.02. The molecule has 5 heteroatoms. The third-order valence-electron chi connectivity index (χ3n) is 6.97. The number of benzene rings is 2. The van der Waals surface area contributed by atoms with Crippen LogP contribution in [0, 0.1) is 5.92 Å². The number of rotatable bonds is 2. The number of likely N-dealkylation sites (tertiary alicyclic amines) is 1. The summed E-state index contributed by atoms with van der Waals surface area (Å²) < 4.78 is 0. The highest BCUT2D eigenvalue weighted by Crippen LogP contribution is 2.51. The Morgan fingerprint density at radius 1 is 1.10 bits per heavy atom. The van der Waals surface area contributed by atoms with Crippen molar-refractivity contribution in [3.63, 3.8) is 0 Å². The van der Waals surface area contributed by atoms with E-state index in [-0.39, 0.29) is 17.9 Å². The number of carbonyl (C=O) groups excluding carboxylic acids is 1. The fraction of sp³-hybridized carbons (Fsp3) is 0.400. The molecule has 30 heavy (non-hydrogen) atoms. The first-order valence-corrected chi connectivity index (χ1v) is 11.6. The number of piperidine rings is 1. The Kier molecular flexibility index (Phi) is 5.28. The van der Waals surface area contributed by atoms with Crippen LogP contribution < -0.4 is 5.32 Å². The zero-order valence-electron chi connectivity index (χ0n) is 17.1. The largest absolute Gasteiger partial charge is 0.378 e. The molecule has 2 aromatic carbocycles. The number of allylic oxidation sites excluding steroid dienone is 2. The van der Waals surface area contributed by atoms with E-state index in [1.54, 1.807) is 0 Å². The zero-order chi connectivity index (χ0) is 20.8. The van der Waals surface area contributed by atoms with Gasteiger partial charge in [-0.15, -0.1) is 0 Å². The monoisotopic (exact) mass is 440 g/mol. The highest BCUT2D eigenvalue weighted by Gasteiger charge is 2.39. The number of hydrogen-bond donors (Lipinski definition) is 1. The van der Waals surface area contributed by atoms with Gasteiger partial charge >= 0.3 is 0 Å². The van der Waals surface area contributed by atoms with Crippen molar-refractivity contribution < 1.29 is 4.79 Å². The Morgan fingerprint density at radius 2 is 1.97 bits per heavy atom. The minimum atomic E-state index is 0.117. The Morgan fingerprint density at radius 3 is 2.77 bits per heavy atom. The van der Waals surface area contributed by atoms with Crippen molar-refractivity contribution in [1.29, 1.82) is 0 Å². The van der Waals surface area contributed by atoms with E-state index in [1.165, 1.54) is 12.0 Å². The molecule has 3 aliphatic rings. The van der Waals surface area contributed by atoms with Gasteiger partial charge < -0.3 is 10.2 Å². The number of nitrogens with one attached hydrogen (secondary N) is 1. The maximum absolute atomic E-state index is 13.2. The van der Waals surface area contributed by atoms with E-state index < -0.39 is 0 Å². The van der Waals surface area contributed by atoms with Gasteiger partial charge in [0.15, 0.2) is 0 Å². The van der Waals surface area contributed by atoms with Gasteiger partial charge in [0.25, 0.3) is 5.91 Å². The molecule has 0 radical (unpaired) electrons. The molecule has 1 saturated heterocycles. The van der Waals surface area contributed by atoms with Crippen molar-refractivity contribution in [2.75, 3.05) is 11.9 Å². The molecule has 2 aromatic rings. The molecule has 2 heterocycles. The second kappa shape index (κ2) is 7.94. The van der Waals surface area contributed by atoms with Crippen LogP contribution in [-0.4, -0.2) is 23.4 Å². The van der Waals surface area contributed by atoms with Crippen molar-refractivity contribution in [3.8, 4) is 0 Å². The summed E-state index contributed by atoms with van der Waals surface area (Å²) in [7, 11) is 0. The molecule has 0 saturated carbocycles. The van der Waals surface area contributed by atoms with Gasteiger partial charge in [-0.3, -0.25) is 4.79 Å². The molecule has 5 rings (SSSR count). The minimum Gasteiger partial charge on any atom is -0.378 e. The maximum Gasteiger partial charge on any atom is 0.254 e. The minimum absolute atomic E-state index is 0.117. The van der Waals surface area contributed by atoms with Gasteiger partial charge in [-0.2, -0.15) is 0 Å². The summed E-state index contributed by atoms with van der Waals surface area (Å²) >= 11 is 12.7. The van der Waals surface area contributed by atoms with E-state index in [0.29, 0.717) is 22.0 Å². The Bertz CT molecular complexity index is 1020. The Hall–Kier alpha value is -1.97. The highest BCUT2D eigenvalue weighted by atomic mass is 35.5. The van der Waals surface area contributed by atoms with Gasteiger partial charge in [0.05, 0.1) is 6.04 Å². The second-order valence-corrected chi connectivity index (χ2v) is 9.63. The number of hydrogen-bond acceptors (Lipinski definition) is 2. The summed E-state index contributed by atoms with van der Waals surface area (Å²) in [6, 6.07) is 12.3. The Balaban J connectivity index is 1.48. The van der Waals surface area contributed by atoms with Crippen molar-refractivity contribution in [2.24, 2.45) is 5.92 Å². The third-order valence-corrected chi connectivity index (χ3v) is 7.53. The van der Waals surface area contributed by atoms with E-state index in [0.717, 1.165) is 42.6 Å². The molecular formula is C25H26Cl2N2O. The van der Waals surface area contributed by atoms with Gasteiger partial charge in [0.1, 0.15) is 0 Å².